The molecule has 0 bridgehead atoms. The molecule has 1 amide bonds. The number of ether oxygens (including phenoxy) is 3. The zero-order valence-electron chi connectivity index (χ0n) is 21.3. The molecule has 0 saturated carbocycles. The molecule has 9 nitrogen and oxygen atoms in total. The summed E-state index contributed by atoms with van der Waals surface area (Å²) < 4.78 is 15.7. The molecular formula is C29H27NO8S. The second-order valence-corrected chi connectivity index (χ2v) is 9.81. The molecule has 2 heterocycles. The Kier molecular flexibility index (Phi) is 9.22. The fourth-order valence-electron chi connectivity index (χ4n) is 3.88. The van der Waals surface area contributed by atoms with E-state index in [1.807, 2.05) is 6.92 Å². The summed E-state index contributed by atoms with van der Waals surface area (Å²) in [5, 5.41) is 1.77. The van der Waals surface area contributed by atoms with Crippen LogP contribution in [0, 0.1) is 5.92 Å². The molecule has 1 aromatic heterocycles. The zero-order chi connectivity index (χ0) is 27.8. The van der Waals surface area contributed by atoms with E-state index >= 15 is 0 Å². The summed E-state index contributed by atoms with van der Waals surface area (Å²) in [6.07, 6.45) is 1.66. The fourth-order valence-corrected chi connectivity index (χ4v) is 4.48. The van der Waals surface area contributed by atoms with E-state index in [2.05, 4.69) is 0 Å². The van der Waals surface area contributed by atoms with E-state index in [4.69, 9.17) is 14.2 Å². The Bertz CT molecular complexity index is 1330. The average molecular weight is 550 g/mol. The molecule has 39 heavy (non-hydrogen) atoms. The molecule has 1 atom stereocenters. The number of thiophene rings is 1. The standard InChI is InChI=1S/C29H27NO8S/c1-2-3-14-36-27(33)20-6-10-22(11-7-20)30-17-21(16-26(30)32)28(34)37-18-24(31)19-8-12-23(13-9-19)38-29(35)25-5-4-15-39-25/h4-13,15,21H,2-3,14,16-18H2,1H3/t21-/m1/s1. The van der Waals surface area contributed by atoms with Crippen LogP contribution in [0.2, 0.25) is 0 Å². The lowest BCUT2D eigenvalue weighted by Crippen LogP contribution is -2.27. The van der Waals surface area contributed by atoms with Gasteiger partial charge in [-0.15, -0.1) is 11.3 Å². The number of carbonyl (C=O) groups excluding carboxylic acids is 5. The average Bonchev–Trinajstić information content (AvgIpc) is 3.63. The van der Waals surface area contributed by atoms with Crippen molar-refractivity contribution in [3.8, 4) is 5.75 Å². The molecular weight excluding hydrogens is 522 g/mol. The van der Waals surface area contributed by atoms with E-state index in [0.717, 1.165) is 12.8 Å². The lowest BCUT2D eigenvalue weighted by atomic mass is 10.1. The van der Waals surface area contributed by atoms with Crippen molar-refractivity contribution in [2.45, 2.75) is 26.2 Å². The number of hydrogen-bond acceptors (Lipinski definition) is 9. The van der Waals surface area contributed by atoms with Crippen molar-refractivity contribution >= 4 is 46.6 Å². The Morgan fingerprint density at radius 1 is 0.923 bits per heavy atom. The second-order valence-electron chi connectivity index (χ2n) is 8.86. The van der Waals surface area contributed by atoms with E-state index in [0.29, 0.717) is 22.7 Å². The summed E-state index contributed by atoms with van der Waals surface area (Å²) in [5.74, 6) is -2.68. The zero-order valence-corrected chi connectivity index (χ0v) is 22.1. The van der Waals surface area contributed by atoms with Crippen molar-refractivity contribution in [3.63, 3.8) is 0 Å². The van der Waals surface area contributed by atoms with Crippen LogP contribution in [0.5, 0.6) is 5.75 Å². The number of amides is 1. The number of benzene rings is 2. The van der Waals surface area contributed by atoms with E-state index < -0.39 is 36.2 Å². The molecule has 1 aliphatic heterocycles. The highest BCUT2D eigenvalue weighted by Gasteiger charge is 2.36. The molecule has 10 heteroatoms. The third kappa shape index (κ3) is 7.17. The van der Waals surface area contributed by atoms with E-state index in [-0.39, 0.29) is 30.2 Å². The van der Waals surface area contributed by atoms with Gasteiger partial charge in [0.05, 0.1) is 18.1 Å². The smallest absolute Gasteiger partial charge is 0.353 e. The van der Waals surface area contributed by atoms with Gasteiger partial charge in [0, 0.05) is 24.2 Å². The lowest BCUT2D eigenvalue weighted by Gasteiger charge is -2.17. The third-order valence-electron chi connectivity index (χ3n) is 6.06. The molecule has 1 saturated heterocycles. The van der Waals surface area contributed by atoms with Crippen LogP contribution in [0.25, 0.3) is 0 Å². The van der Waals surface area contributed by atoms with Gasteiger partial charge in [0.15, 0.2) is 12.4 Å². The molecule has 0 unspecified atom stereocenters. The number of anilines is 1. The van der Waals surface area contributed by atoms with Crippen molar-refractivity contribution < 1.29 is 38.2 Å². The summed E-state index contributed by atoms with van der Waals surface area (Å²) in [5.41, 5.74) is 1.22. The molecule has 0 radical (unpaired) electrons. The highest BCUT2D eigenvalue weighted by molar-refractivity contribution is 7.12. The van der Waals surface area contributed by atoms with Gasteiger partial charge in [0.25, 0.3) is 0 Å². The highest BCUT2D eigenvalue weighted by Crippen LogP contribution is 2.26. The van der Waals surface area contributed by atoms with E-state index in [1.165, 1.54) is 40.5 Å². The summed E-state index contributed by atoms with van der Waals surface area (Å²) in [4.78, 5) is 63.7. The molecule has 3 aromatic rings. The van der Waals surface area contributed by atoms with Crippen LogP contribution in [0.1, 0.15) is 56.6 Å². The Labute approximate surface area is 229 Å². The molecule has 1 fully saturated rings. The van der Waals surface area contributed by atoms with Crippen molar-refractivity contribution in [2.24, 2.45) is 5.92 Å². The maximum atomic E-state index is 12.6. The first-order valence-electron chi connectivity index (χ1n) is 12.5. The van der Waals surface area contributed by atoms with Crippen molar-refractivity contribution in [2.75, 3.05) is 24.7 Å². The van der Waals surface area contributed by atoms with Crippen molar-refractivity contribution in [1.29, 1.82) is 0 Å². The van der Waals surface area contributed by atoms with Gasteiger partial charge in [-0.3, -0.25) is 14.4 Å². The van der Waals surface area contributed by atoms with Gasteiger partial charge in [-0.25, -0.2) is 9.59 Å². The van der Waals surface area contributed by atoms with Gasteiger partial charge in [-0.05, 0) is 66.4 Å². The largest absolute Gasteiger partial charge is 0.462 e. The summed E-state index contributed by atoms with van der Waals surface area (Å²) in [7, 11) is 0. The normalized spacial score (nSPS) is 14.6. The molecule has 4 rings (SSSR count). The van der Waals surface area contributed by atoms with E-state index in [1.54, 1.807) is 41.8 Å². The Balaban J connectivity index is 1.26. The van der Waals surface area contributed by atoms with Crippen LogP contribution in [-0.4, -0.2) is 49.4 Å². The Hall–Kier alpha value is -4.31. The van der Waals surface area contributed by atoms with Crippen LogP contribution >= 0.6 is 11.3 Å². The van der Waals surface area contributed by atoms with Gasteiger partial charge in [0.2, 0.25) is 5.91 Å². The molecule has 0 aliphatic carbocycles. The van der Waals surface area contributed by atoms with E-state index in [9.17, 15) is 24.0 Å². The molecule has 0 spiro atoms. The van der Waals surface area contributed by atoms with Crippen molar-refractivity contribution in [1.82, 2.24) is 0 Å². The highest BCUT2D eigenvalue weighted by atomic mass is 32.1. The summed E-state index contributed by atoms with van der Waals surface area (Å²) in [6.45, 7) is 1.98. The van der Waals surface area contributed by atoms with Crippen LogP contribution in [0.15, 0.2) is 66.0 Å². The number of esters is 3. The number of rotatable bonds is 11. The molecule has 1 aliphatic rings. The number of Topliss-reactive ketones (excluding diaryl/α,β-unsaturated/α-hetero) is 1. The number of ketones is 1. The first-order valence-corrected chi connectivity index (χ1v) is 13.4. The lowest BCUT2D eigenvalue weighted by molar-refractivity contribution is -0.147. The van der Waals surface area contributed by atoms with Crippen LogP contribution in [0.3, 0.4) is 0 Å². The van der Waals surface area contributed by atoms with Crippen molar-refractivity contribution in [3.05, 3.63) is 82.0 Å². The Morgan fingerprint density at radius 3 is 2.31 bits per heavy atom. The quantitative estimate of drug-likeness (QED) is 0.146. The number of hydrogen-bond donors (Lipinski definition) is 0. The Morgan fingerprint density at radius 2 is 1.64 bits per heavy atom. The predicted octanol–water partition coefficient (Wildman–Crippen LogP) is 4.70. The van der Waals surface area contributed by atoms with Crippen LogP contribution < -0.4 is 9.64 Å². The summed E-state index contributed by atoms with van der Waals surface area (Å²) >= 11 is 1.26. The van der Waals surface area contributed by atoms with Gasteiger partial charge >= 0.3 is 17.9 Å². The number of carbonyl (C=O) groups is 5. The number of unbranched alkanes of at least 4 members (excludes halogenated alkanes) is 1. The van der Waals surface area contributed by atoms with Crippen LogP contribution in [-0.2, 0) is 19.1 Å². The van der Waals surface area contributed by atoms with Gasteiger partial charge in [-0.1, -0.05) is 19.4 Å². The minimum Gasteiger partial charge on any atom is -0.462 e. The van der Waals surface area contributed by atoms with Gasteiger partial charge in [0.1, 0.15) is 10.6 Å². The molecule has 0 N–H and O–H groups in total. The first kappa shape index (κ1) is 27.7. The van der Waals surface area contributed by atoms with Crippen LogP contribution in [0.4, 0.5) is 5.69 Å². The van der Waals surface area contributed by atoms with Gasteiger partial charge < -0.3 is 19.1 Å². The predicted molar refractivity (Wildman–Crippen MR) is 143 cm³/mol. The monoisotopic (exact) mass is 549 g/mol. The topological polar surface area (TPSA) is 116 Å². The number of nitrogens with zero attached hydrogens (tertiary/aromatic N) is 1. The molecule has 202 valence electrons. The minimum absolute atomic E-state index is 0.0435. The third-order valence-corrected chi connectivity index (χ3v) is 6.91. The first-order chi connectivity index (χ1) is 18.9. The van der Waals surface area contributed by atoms with Gasteiger partial charge in [-0.2, -0.15) is 0 Å². The second kappa shape index (κ2) is 13.0. The minimum atomic E-state index is -0.719. The SMILES string of the molecule is CCCCOC(=O)c1ccc(N2C[C@H](C(=O)OCC(=O)c3ccc(OC(=O)c4cccs4)cc3)CC2=O)cc1. The summed E-state index contributed by atoms with van der Waals surface area (Å²) in [6, 6.07) is 15.8. The maximum Gasteiger partial charge on any atom is 0.353 e. The molecule has 2 aromatic carbocycles. The maximum absolute atomic E-state index is 12.6. The fraction of sp³-hybridized carbons (Fsp3) is 0.276.